The SMILES string of the molecule is CN(CCC1CCCCN1C)C(=O)C1CCCN(C(=O)Cc2ccc(F)cc2)C1. The van der Waals surface area contributed by atoms with E-state index >= 15 is 0 Å². The van der Waals surface area contributed by atoms with Crippen LogP contribution in [-0.4, -0.2) is 72.8 Å². The number of likely N-dealkylation sites (tertiary alicyclic amines) is 2. The van der Waals surface area contributed by atoms with Gasteiger partial charge in [-0.15, -0.1) is 0 Å². The fourth-order valence-electron chi connectivity index (χ4n) is 4.57. The molecule has 1 aromatic carbocycles. The third kappa shape index (κ3) is 6.01. The molecule has 2 atom stereocenters. The average molecular weight is 404 g/mol. The largest absolute Gasteiger partial charge is 0.345 e. The number of hydrogen-bond donors (Lipinski definition) is 0. The topological polar surface area (TPSA) is 43.9 Å². The highest BCUT2D eigenvalue weighted by atomic mass is 19.1. The second-order valence-electron chi connectivity index (χ2n) is 8.66. The molecule has 0 aromatic heterocycles. The van der Waals surface area contributed by atoms with Crippen LogP contribution in [0.1, 0.15) is 44.1 Å². The Balaban J connectivity index is 1.48. The lowest BCUT2D eigenvalue weighted by atomic mass is 9.95. The van der Waals surface area contributed by atoms with Gasteiger partial charge in [-0.3, -0.25) is 9.59 Å². The van der Waals surface area contributed by atoms with E-state index in [1.54, 1.807) is 17.0 Å². The van der Waals surface area contributed by atoms with Gasteiger partial charge >= 0.3 is 0 Å². The van der Waals surface area contributed by atoms with E-state index in [9.17, 15) is 14.0 Å². The Kier molecular flexibility index (Phi) is 7.64. The molecule has 2 aliphatic heterocycles. The van der Waals surface area contributed by atoms with E-state index in [0.717, 1.165) is 37.9 Å². The predicted molar refractivity (Wildman–Crippen MR) is 112 cm³/mol. The van der Waals surface area contributed by atoms with Crippen molar-refractivity contribution in [3.8, 4) is 0 Å². The minimum absolute atomic E-state index is 0.0144. The lowest BCUT2D eigenvalue weighted by Gasteiger charge is -2.36. The molecule has 5 nitrogen and oxygen atoms in total. The molecular weight excluding hydrogens is 369 g/mol. The molecule has 1 aromatic rings. The van der Waals surface area contributed by atoms with Crippen LogP contribution in [0.25, 0.3) is 0 Å². The zero-order valence-electron chi connectivity index (χ0n) is 17.8. The normalized spacial score (nSPS) is 23.1. The molecule has 0 N–H and O–H groups in total. The van der Waals surface area contributed by atoms with Gasteiger partial charge in [0, 0.05) is 32.7 Å². The lowest BCUT2D eigenvalue weighted by molar-refractivity contribution is -0.139. The van der Waals surface area contributed by atoms with Crippen molar-refractivity contribution >= 4 is 11.8 Å². The molecule has 2 fully saturated rings. The number of nitrogens with zero attached hydrogens (tertiary/aromatic N) is 3. The van der Waals surface area contributed by atoms with Gasteiger partial charge in [0.25, 0.3) is 0 Å². The lowest BCUT2D eigenvalue weighted by Crippen LogP contribution is -2.47. The van der Waals surface area contributed by atoms with Crippen molar-refractivity contribution in [3.05, 3.63) is 35.6 Å². The molecule has 2 aliphatic rings. The van der Waals surface area contributed by atoms with E-state index in [1.165, 1.54) is 31.4 Å². The monoisotopic (exact) mass is 403 g/mol. The van der Waals surface area contributed by atoms with Gasteiger partial charge in [0.15, 0.2) is 0 Å². The number of carbonyl (C=O) groups is 2. The number of piperidine rings is 2. The molecular formula is C23H34FN3O2. The van der Waals surface area contributed by atoms with Gasteiger partial charge in [0.2, 0.25) is 11.8 Å². The van der Waals surface area contributed by atoms with Crippen LogP contribution in [0, 0.1) is 11.7 Å². The van der Waals surface area contributed by atoms with Crippen LogP contribution >= 0.6 is 0 Å². The molecule has 2 heterocycles. The van der Waals surface area contributed by atoms with Crippen molar-refractivity contribution in [2.75, 3.05) is 40.3 Å². The third-order valence-electron chi connectivity index (χ3n) is 6.49. The van der Waals surface area contributed by atoms with E-state index in [1.807, 2.05) is 11.9 Å². The van der Waals surface area contributed by atoms with E-state index in [4.69, 9.17) is 0 Å². The number of hydrogen-bond acceptors (Lipinski definition) is 3. The number of halogens is 1. The van der Waals surface area contributed by atoms with Crippen molar-refractivity contribution in [1.29, 1.82) is 0 Å². The molecule has 3 rings (SSSR count). The summed E-state index contributed by atoms with van der Waals surface area (Å²) < 4.78 is 13.1. The predicted octanol–water partition coefficient (Wildman–Crippen LogP) is 2.94. The summed E-state index contributed by atoms with van der Waals surface area (Å²) in [7, 11) is 4.07. The smallest absolute Gasteiger partial charge is 0.227 e. The highest BCUT2D eigenvalue weighted by molar-refractivity contribution is 5.82. The van der Waals surface area contributed by atoms with Gasteiger partial charge in [0.05, 0.1) is 12.3 Å². The summed E-state index contributed by atoms with van der Waals surface area (Å²) in [4.78, 5) is 31.7. The van der Waals surface area contributed by atoms with Crippen molar-refractivity contribution < 1.29 is 14.0 Å². The molecule has 0 aliphatic carbocycles. The minimum atomic E-state index is -0.299. The van der Waals surface area contributed by atoms with E-state index in [2.05, 4.69) is 11.9 Å². The first-order valence-corrected chi connectivity index (χ1v) is 10.9. The molecule has 6 heteroatoms. The Bertz CT molecular complexity index is 694. The number of benzene rings is 1. The fourth-order valence-corrected chi connectivity index (χ4v) is 4.57. The Morgan fingerprint density at radius 2 is 1.86 bits per heavy atom. The fraction of sp³-hybridized carbons (Fsp3) is 0.652. The number of carbonyl (C=O) groups excluding carboxylic acids is 2. The van der Waals surface area contributed by atoms with Gasteiger partial charge in [-0.25, -0.2) is 4.39 Å². The summed E-state index contributed by atoms with van der Waals surface area (Å²) in [6.45, 7) is 3.11. The van der Waals surface area contributed by atoms with Crippen LogP contribution in [-0.2, 0) is 16.0 Å². The van der Waals surface area contributed by atoms with Crippen molar-refractivity contribution in [3.63, 3.8) is 0 Å². The number of rotatable bonds is 6. The first kappa shape index (κ1) is 21.8. The summed E-state index contributed by atoms with van der Waals surface area (Å²) >= 11 is 0. The summed E-state index contributed by atoms with van der Waals surface area (Å²) in [5.74, 6) is -0.245. The van der Waals surface area contributed by atoms with E-state index in [-0.39, 0.29) is 30.0 Å². The third-order valence-corrected chi connectivity index (χ3v) is 6.49. The molecule has 0 spiro atoms. The van der Waals surface area contributed by atoms with E-state index < -0.39 is 0 Å². The van der Waals surface area contributed by atoms with Gasteiger partial charge in [0.1, 0.15) is 5.82 Å². The maximum absolute atomic E-state index is 13.1. The zero-order chi connectivity index (χ0) is 20.8. The van der Waals surface area contributed by atoms with Crippen LogP contribution in [0.5, 0.6) is 0 Å². The first-order valence-electron chi connectivity index (χ1n) is 10.9. The van der Waals surface area contributed by atoms with Crippen LogP contribution in [0.15, 0.2) is 24.3 Å². The Morgan fingerprint density at radius 1 is 1.10 bits per heavy atom. The highest BCUT2D eigenvalue weighted by Crippen LogP contribution is 2.21. The van der Waals surface area contributed by atoms with Gasteiger partial charge < -0.3 is 14.7 Å². The Labute approximate surface area is 173 Å². The Hall–Kier alpha value is -1.95. The van der Waals surface area contributed by atoms with Crippen molar-refractivity contribution in [1.82, 2.24) is 14.7 Å². The molecule has 29 heavy (non-hydrogen) atoms. The van der Waals surface area contributed by atoms with Gasteiger partial charge in [-0.2, -0.15) is 0 Å². The average Bonchev–Trinajstić information content (AvgIpc) is 2.74. The summed E-state index contributed by atoms with van der Waals surface area (Å²) in [6, 6.07) is 6.62. The molecule has 0 radical (unpaired) electrons. The maximum Gasteiger partial charge on any atom is 0.227 e. The van der Waals surface area contributed by atoms with Crippen molar-refractivity contribution in [2.45, 2.75) is 51.0 Å². The van der Waals surface area contributed by atoms with Gasteiger partial charge in [-0.1, -0.05) is 18.6 Å². The molecule has 0 bridgehead atoms. The minimum Gasteiger partial charge on any atom is -0.345 e. The van der Waals surface area contributed by atoms with Crippen LogP contribution in [0.3, 0.4) is 0 Å². The standard InChI is InChI=1S/C23H34FN3O2/c1-25-13-4-3-7-21(25)12-15-26(2)23(29)19-6-5-14-27(17-19)22(28)16-18-8-10-20(24)11-9-18/h8-11,19,21H,3-7,12-17H2,1-2H3. The second kappa shape index (κ2) is 10.2. The maximum atomic E-state index is 13.1. The first-order chi connectivity index (χ1) is 13.9. The molecule has 2 amide bonds. The van der Waals surface area contributed by atoms with Crippen molar-refractivity contribution in [2.24, 2.45) is 5.92 Å². The summed E-state index contributed by atoms with van der Waals surface area (Å²) in [5.41, 5.74) is 0.804. The van der Waals surface area contributed by atoms with Crippen LogP contribution < -0.4 is 0 Å². The zero-order valence-corrected chi connectivity index (χ0v) is 17.8. The summed E-state index contributed by atoms with van der Waals surface area (Å²) in [5, 5.41) is 0. The number of amides is 2. The van der Waals surface area contributed by atoms with Gasteiger partial charge in [-0.05, 0) is 63.4 Å². The molecule has 160 valence electrons. The molecule has 0 saturated carbocycles. The van der Waals surface area contributed by atoms with Crippen LogP contribution in [0.2, 0.25) is 0 Å². The summed E-state index contributed by atoms with van der Waals surface area (Å²) in [6.07, 6.45) is 6.72. The van der Waals surface area contributed by atoms with Crippen LogP contribution in [0.4, 0.5) is 4.39 Å². The molecule has 2 unspecified atom stereocenters. The quantitative estimate of drug-likeness (QED) is 0.734. The second-order valence-corrected chi connectivity index (χ2v) is 8.66. The van der Waals surface area contributed by atoms with E-state index in [0.29, 0.717) is 19.1 Å². The molecule has 2 saturated heterocycles. The Morgan fingerprint density at radius 3 is 2.59 bits per heavy atom. The highest BCUT2D eigenvalue weighted by Gasteiger charge is 2.30.